The van der Waals surface area contributed by atoms with Gasteiger partial charge in [0.2, 0.25) is 5.91 Å². The molecule has 0 aromatic heterocycles. The Morgan fingerprint density at radius 2 is 1.90 bits per heavy atom. The van der Waals surface area contributed by atoms with Crippen LogP contribution in [0.3, 0.4) is 0 Å². The van der Waals surface area contributed by atoms with Crippen LogP contribution in [0.15, 0.2) is 36.4 Å². The number of hydrogen-bond acceptors (Lipinski definition) is 4. The van der Waals surface area contributed by atoms with Crippen LogP contribution in [0.5, 0.6) is 0 Å². The Morgan fingerprint density at radius 3 is 2.48 bits per heavy atom. The first-order chi connectivity index (χ1) is 9.88. The molecule has 2 rings (SSSR count). The molecule has 0 saturated heterocycles. The van der Waals surface area contributed by atoms with Gasteiger partial charge in [0.15, 0.2) is 0 Å². The highest BCUT2D eigenvalue weighted by molar-refractivity contribution is 6.30. The fourth-order valence-electron chi connectivity index (χ4n) is 1.85. The highest BCUT2D eigenvalue weighted by Gasteiger charge is 2.17. The number of rotatable bonds is 4. The molecule has 0 aliphatic heterocycles. The third kappa shape index (κ3) is 3.29. The molecular formula is C14H12ClN3O3. The molecule has 2 aromatic rings. The number of carbonyl (C=O) groups excluding carboxylic acids is 1. The SMILES string of the molecule is Cc1cc(Cl)ccc1Nc1ccc(C(N)=O)cc1[N+](=O)[O-]. The molecule has 0 aliphatic carbocycles. The maximum Gasteiger partial charge on any atom is 0.293 e. The Labute approximate surface area is 125 Å². The quantitative estimate of drug-likeness (QED) is 0.668. The fraction of sp³-hybridized carbons (Fsp3) is 0.0714. The average Bonchev–Trinajstić information content (AvgIpc) is 2.41. The number of nitrogens with zero attached hydrogens (tertiary/aromatic N) is 1. The second-order valence-electron chi connectivity index (χ2n) is 4.44. The molecule has 108 valence electrons. The standard InChI is InChI=1S/C14H12ClN3O3/c1-8-6-10(15)3-5-11(8)17-12-4-2-9(14(16)19)7-13(12)18(20)21/h2-7,17H,1H3,(H2,16,19). The number of nitro groups is 1. The van der Waals surface area contributed by atoms with Crippen molar-refractivity contribution in [1.82, 2.24) is 0 Å². The van der Waals surface area contributed by atoms with Gasteiger partial charge >= 0.3 is 0 Å². The van der Waals surface area contributed by atoms with Crippen molar-refractivity contribution < 1.29 is 9.72 Å². The molecule has 0 saturated carbocycles. The second kappa shape index (κ2) is 5.80. The largest absolute Gasteiger partial charge is 0.366 e. The van der Waals surface area contributed by atoms with Crippen LogP contribution in [0.2, 0.25) is 5.02 Å². The Kier molecular flexibility index (Phi) is 4.09. The average molecular weight is 306 g/mol. The number of benzene rings is 2. The Balaban J connectivity index is 2.44. The number of anilines is 2. The lowest BCUT2D eigenvalue weighted by Crippen LogP contribution is -2.11. The van der Waals surface area contributed by atoms with E-state index in [0.717, 1.165) is 11.6 Å². The first kappa shape index (κ1) is 14.8. The highest BCUT2D eigenvalue weighted by Crippen LogP contribution is 2.30. The summed E-state index contributed by atoms with van der Waals surface area (Å²) < 4.78 is 0. The lowest BCUT2D eigenvalue weighted by atomic mass is 10.1. The molecule has 0 unspecified atom stereocenters. The van der Waals surface area contributed by atoms with Crippen molar-refractivity contribution in [3.8, 4) is 0 Å². The van der Waals surface area contributed by atoms with Crippen molar-refractivity contribution in [2.75, 3.05) is 5.32 Å². The van der Waals surface area contributed by atoms with E-state index in [2.05, 4.69) is 5.32 Å². The molecule has 3 N–H and O–H groups in total. The van der Waals surface area contributed by atoms with Gasteiger partial charge in [0.05, 0.1) is 4.92 Å². The van der Waals surface area contributed by atoms with Gasteiger partial charge in [0.1, 0.15) is 5.69 Å². The van der Waals surface area contributed by atoms with Crippen LogP contribution in [0.1, 0.15) is 15.9 Å². The van der Waals surface area contributed by atoms with E-state index >= 15 is 0 Å². The van der Waals surface area contributed by atoms with E-state index in [1.807, 2.05) is 6.92 Å². The summed E-state index contributed by atoms with van der Waals surface area (Å²) in [6, 6.07) is 9.18. The number of carbonyl (C=O) groups is 1. The predicted molar refractivity (Wildman–Crippen MR) is 81.1 cm³/mol. The van der Waals surface area contributed by atoms with Gasteiger partial charge < -0.3 is 11.1 Å². The molecule has 0 fully saturated rings. The van der Waals surface area contributed by atoms with E-state index in [9.17, 15) is 14.9 Å². The third-order valence-corrected chi connectivity index (χ3v) is 3.17. The van der Waals surface area contributed by atoms with Crippen LogP contribution in [0, 0.1) is 17.0 Å². The predicted octanol–water partition coefficient (Wildman–Crippen LogP) is 3.40. The Bertz CT molecular complexity index is 731. The van der Waals surface area contributed by atoms with Crippen molar-refractivity contribution >= 4 is 34.6 Å². The summed E-state index contributed by atoms with van der Waals surface area (Å²) in [6.07, 6.45) is 0. The van der Waals surface area contributed by atoms with Crippen molar-refractivity contribution in [1.29, 1.82) is 0 Å². The maximum atomic E-state index is 11.1. The van der Waals surface area contributed by atoms with Crippen LogP contribution in [0.25, 0.3) is 0 Å². The van der Waals surface area contributed by atoms with Crippen LogP contribution in [0.4, 0.5) is 17.1 Å². The number of aryl methyl sites for hydroxylation is 1. The number of hydrogen-bond donors (Lipinski definition) is 2. The van der Waals surface area contributed by atoms with Crippen LogP contribution >= 0.6 is 11.6 Å². The lowest BCUT2D eigenvalue weighted by molar-refractivity contribution is -0.383. The summed E-state index contributed by atoms with van der Waals surface area (Å²) in [4.78, 5) is 21.7. The Hall–Kier alpha value is -2.60. The monoisotopic (exact) mass is 305 g/mol. The topological polar surface area (TPSA) is 98.3 Å². The molecular weight excluding hydrogens is 294 g/mol. The molecule has 2 aromatic carbocycles. The molecule has 0 spiro atoms. The number of halogens is 1. The van der Waals surface area contributed by atoms with Gasteiger partial charge in [0.25, 0.3) is 5.69 Å². The van der Waals surface area contributed by atoms with E-state index < -0.39 is 10.8 Å². The van der Waals surface area contributed by atoms with Gasteiger partial charge in [-0.15, -0.1) is 0 Å². The van der Waals surface area contributed by atoms with E-state index in [-0.39, 0.29) is 16.9 Å². The minimum absolute atomic E-state index is 0.0834. The zero-order chi connectivity index (χ0) is 15.6. The minimum Gasteiger partial charge on any atom is -0.366 e. The summed E-state index contributed by atoms with van der Waals surface area (Å²) in [6.45, 7) is 1.83. The molecule has 7 heteroatoms. The van der Waals surface area contributed by atoms with E-state index in [4.69, 9.17) is 17.3 Å². The van der Waals surface area contributed by atoms with Gasteiger partial charge in [-0.1, -0.05) is 11.6 Å². The molecule has 0 atom stereocenters. The van der Waals surface area contributed by atoms with Gasteiger partial charge in [-0.3, -0.25) is 14.9 Å². The second-order valence-corrected chi connectivity index (χ2v) is 4.87. The molecule has 1 amide bonds. The smallest absolute Gasteiger partial charge is 0.293 e. The molecule has 0 bridgehead atoms. The van der Waals surface area contributed by atoms with E-state index in [1.165, 1.54) is 12.1 Å². The van der Waals surface area contributed by atoms with Crippen LogP contribution < -0.4 is 11.1 Å². The summed E-state index contributed by atoms with van der Waals surface area (Å²) in [7, 11) is 0. The van der Waals surface area contributed by atoms with Gasteiger partial charge in [-0.2, -0.15) is 0 Å². The van der Waals surface area contributed by atoms with Gasteiger partial charge in [-0.25, -0.2) is 0 Å². The zero-order valence-electron chi connectivity index (χ0n) is 11.1. The number of nitro benzene ring substituents is 1. The minimum atomic E-state index is -0.715. The van der Waals surface area contributed by atoms with Crippen molar-refractivity contribution in [3.63, 3.8) is 0 Å². The number of nitrogens with two attached hydrogens (primary N) is 1. The molecule has 6 nitrogen and oxygen atoms in total. The first-order valence-electron chi connectivity index (χ1n) is 6.00. The number of nitrogens with one attached hydrogen (secondary N) is 1. The van der Waals surface area contributed by atoms with E-state index in [1.54, 1.807) is 18.2 Å². The van der Waals surface area contributed by atoms with Gasteiger partial charge in [-0.05, 0) is 42.8 Å². The van der Waals surface area contributed by atoms with Crippen molar-refractivity contribution in [3.05, 3.63) is 62.7 Å². The maximum absolute atomic E-state index is 11.1. The van der Waals surface area contributed by atoms with E-state index in [0.29, 0.717) is 10.7 Å². The van der Waals surface area contributed by atoms with Gasteiger partial charge in [0, 0.05) is 22.3 Å². The van der Waals surface area contributed by atoms with Crippen molar-refractivity contribution in [2.24, 2.45) is 5.73 Å². The molecule has 0 aliphatic rings. The molecule has 0 heterocycles. The zero-order valence-corrected chi connectivity index (χ0v) is 11.8. The van der Waals surface area contributed by atoms with Crippen molar-refractivity contribution in [2.45, 2.75) is 6.92 Å². The Morgan fingerprint density at radius 1 is 1.24 bits per heavy atom. The molecule has 0 radical (unpaired) electrons. The number of primary amides is 1. The normalized spacial score (nSPS) is 10.2. The summed E-state index contributed by atoms with van der Waals surface area (Å²) >= 11 is 5.87. The number of amides is 1. The van der Waals surface area contributed by atoms with Crippen LogP contribution in [-0.2, 0) is 0 Å². The highest BCUT2D eigenvalue weighted by atomic mass is 35.5. The summed E-state index contributed by atoms with van der Waals surface area (Å²) in [5.74, 6) is -0.715. The summed E-state index contributed by atoms with van der Waals surface area (Å²) in [5.41, 5.74) is 6.80. The first-order valence-corrected chi connectivity index (χ1v) is 6.37. The lowest BCUT2D eigenvalue weighted by Gasteiger charge is -2.10. The fourth-order valence-corrected chi connectivity index (χ4v) is 2.08. The van der Waals surface area contributed by atoms with Crippen LogP contribution in [-0.4, -0.2) is 10.8 Å². The molecule has 21 heavy (non-hydrogen) atoms. The third-order valence-electron chi connectivity index (χ3n) is 2.94. The summed E-state index contributed by atoms with van der Waals surface area (Å²) in [5, 5.41) is 14.7.